The van der Waals surface area contributed by atoms with Crippen molar-refractivity contribution in [3.05, 3.63) is 99.4 Å². The summed E-state index contributed by atoms with van der Waals surface area (Å²) in [6, 6.07) is 10.6. The quantitative estimate of drug-likeness (QED) is 0.455. The second-order valence-corrected chi connectivity index (χ2v) is 9.21. The monoisotopic (exact) mass is 512 g/mol. The number of carbonyl (C=O) groups excluding carboxylic acids is 1. The Morgan fingerprint density at radius 1 is 1.14 bits per heavy atom. The van der Waals surface area contributed by atoms with Crippen molar-refractivity contribution in [1.29, 1.82) is 0 Å². The van der Waals surface area contributed by atoms with Crippen molar-refractivity contribution in [3.8, 4) is 0 Å². The summed E-state index contributed by atoms with van der Waals surface area (Å²) in [6.07, 6.45) is 0.0126. The Morgan fingerprint density at radius 3 is 2.61 bits per heavy atom. The normalized spacial score (nSPS) is 15.6. The van der Waals surface area contributed by atoms with Crippen molar-refractivity contribution in [1.82, 2.24) is 9.47 Å². The van der Waals surface area contributed by atoms with Gasteiger partial charge in [-0.05, 0) is 54.5 Å². The van der Waals surface area contributed by atoms with Crippen molar-refractivity contribution in [3.63, 3.8) is 0 Å². The molecular formula is C27H20ClF3N2O3. The third-order valence-electron chi connectivity index (χ3n) is 6.55. The fourth-order valence-electron chi connectivity index (χ4n) is 5.06. The lowest BCUT2D eigenvalue weighted by Crippen LogP contribution is -2.23. The molecule has 0 saturated carbocycles. The third-order valence-corrected chi connectivity index (χ3v) is 6.78. The molecule has 1 aromatic heterocycles. The van der Waals surface area contributed by atoms with Crippen LogP contribution in [0.3, 0.4) is 0 Å². The van der Waals surface area contributed by atoms with E-state index in [0.717, 1.165) is 28.2 Å². The number of carbonyl (C=O) groups is 2. The van der Waals surface area contributed by atoms with Gasteiger partial charge in [-0.3, -0.25) is 9.59 Å². The first-order valence-electron chi connectivity index (χ1n) is 11.1. The summed E-state index contributed by atoms with van der Waals surface area (Å²) in [5, 5.41) is 10.7. The molecule has 5 rings (SSSR count). The average molecular weight is 513 g/mol. The van der Waals surface area contributed by atoms with Gasteiger partial charge in [0.2, 0.25) is 0 Å². The maximum Gasteiger partial charge on any atom is 0.416 e. The lowest BCUT2D eigenvalue weighted by molar-refractivity contribution is -0.139. The smallest absolute Gasteiger partial charge is 0.416 e. The van der Waals surface area contributed by atoms with Crippen LogP contribution in [0.1, 0.15) is 22.4 Å². The highest BCUT2D eigenvalue weighted by molar-refractivity contribution is 6.31. The van der Waals surface area contributed by atoms with Crippen LogP contribution < -0.4 is 0 Å². The van der Waals surface area contributed by atoms with Crippen LogP contribution in [0.15, 0.2) is 72.0 Å². The lowest BCUT2D eigenvalue weighted by Gasteiger charge is -2.24. The van der Waals surface area contributed by atoms with Crippen LogP contribution in [0.25, 0.3) is 16.5 Å². The first-order chi connectivity index (χ1) is 17.0. The van der Waals surface area contributed by atoms with Gasteiger partial charge < -0.3 is 14.6 Å². The molecule has 0 fully saturated rings. The zero-order valence-electron chi connectivity index (χ0n) is 19.1. The molecule has 1 aliphatic heterocycles. The van der Waals surface area contributed by atoms with Crippen LogP contribution in [0.4, 0.5) is 13.2 Å². The van der Waals surface area contributed by atoms with Crippen LogP contribution in [0.5, 0.6) is 0 Å². The number of rotatable bonds is 5. The van der Waals surface area contributed by atoms with E-state index in [1.165, 1.54) is 24.3 Å². The first-order valence-corrected chi connectivity index (χ1v) is 11.5. The molecule has 9 heteroatoms. The lowest BCUT2D eigenvalue weighted by atomic mass is 9.96. The minimum Gasteiger partial charge on any atom is -0.480 e. The number of carboxylic acids is 1. The number of benzene rings is 2. The van der Waals surface area contributed by atoms with E-state index in [4.69, 9.17) is 11.6 Å². The average Bonchev–Trinajstić information content (AvgIpc) is 3.27. The van der Waals surface area contributed by atoms with E-state index in [9.17, 15) is 27.9 Å². The number of fused-ring (bicyclic) bond motifs is 2. The van der Waals surface area contributed by atoms with Gasteiger partial charge in [-0.1, -0.05) is 29.8 Å². The van der Waals surface area contributed by atoms with E-state index in [1.54, 1.807) is 39.8 Å². The third kappa shape index (κ3) is 4.11. The van der Waals surface area contributed by atoms with Crippen molar-refractivity contribution >= 4 is 39.8 Å². The second kappa shape index (κ2) is 8.71. The number of hydrogen-bond donors (Lipinski definition) is 1. The maximum atomic E-state index is 13.7. The van der Waals surface area contributed by atoms with Gasteiger partial charge in [0.1, 0.15) is 6.54 Å². The summed E-state index contributed by atoms with van der Waals surface area (Å²) in [4.78, 5) is 25.6. The largest absolute Gasteiger partial charge is 0.480 e. The van der Waals surface area contributed by atoms with Crippen LogP contribution in [-0.4, -0.2) is 32.9 Å². The highest BCUT2D eigenvalue weighted by Gasteiger charge is 2.36. The Labute approximate surface area is 209 Å². The summed E-state index contributed by atoms with van der Waals surface area (Å²) in [5.74, 6) is -1.26. The van der Waals surface area contributed by atoms with Crippen LogP contribution in [0, 0.1) is 6.92 Å². The van der Waals surface area contributed by atoms with Gasteiger partial charge in [0.25, 0.3) is 0 Å². The number of aliphatic carboxylic acids is 1. The van der Waals surface area contributed by atoms with Crippen LogP contribution in [0.2, 0.25) is 5.02 Å². The molecule has 36 heavy (non-hydrogen) atoms. The minimum atomic E-state index is -4.51. The molecule has 184 valence electrons. The molecule has 0 bridgehead atoms. The van der Waals surface area contributed by atoms with E-state index < -0.39 is 17.7 Å². The van der Waals surface area contributed by atoms with Crippen molar-refractivity contribution < 1.29 is 27.9 Å². The number of alkyl halides is 3. The molecule has 2 heterocycles. The van der Waals surface area contributed by atoms with E-state index in [-0.39, 0.29) is 31.0 Å². The van der Waals surface area contributed by atoms with Gasteiger partial charge in [-0.15, -0.1) is 0 Å². The van der Waals surface area contributed by atoms with E-state index in [1.807, 2.05) is 6.92 Å². The molecule has 2 aromatic carbocycles. The molecule has 5 nitrogen and oxygen atoms in total. The summed E-state index contributed by atoms with van der Waals surface area (Å²) < 4.78 is 42.7. The number of nitrogens with zero attached hydrogens (tertiary/aromatic N) is 2. The fourth-order valence-corrected chi connectivity index (χ4v) is 5.23. The predicted molar refractivity (Wildman–Crippen MR) is 130 cm³/mol. The van der Waals surface area contributed by atoms with Crippen LogP contribution in [-0.2, 0) is 28.9 Å². The number of hydrogen-bond acceptors (Lipinski definition) is 3. The van der Waals surface area contributed by atoms with Crippen LogP contribution >= 0.6 is 11.6 Å². The minimum absolute atomic E-state index is 0.0524. The topological polar surface area (TPSA) is 62.5 Å². The number of carboxylic acid groups (broad SMARTS) is 1. The van der Waals surface area contributed by atoms with E-state index >= 15 is 0 Å². The standard InChI is InChI=1S/C27H20ClF3N2O3/c1-15-26(20-10-17(28)6-9-23(20)33(15)14-25(35)36)21-13-32(24-11-18(34)7-8-19(21)24)12-16-4-2-3-5-22(16)27(29,30)31/h2-11H,12-14H2,1H3,(H,35,36). The molecule has 0 spiro atoms. The summed E-state index contributed by atoms with van der Waals surface area (Å²) >= 11 is 6.29. The molecule has 0 unspecified atom stereocenters. The summed E-state index contributed by atoms with van der Waals surface area (Å²) in [6.45, 7) is 1.74. The van der Waals surface area contributed by atoms with Crippen molar-refractivity contribution in [2.75, 3.05) is 6.54 Å². The molecule has 1 N–H and O–H groups in total. The Balaban J connectivity index is 1.65. The molecule has 0 radical (unpaired) electrons. The van der Waals surface area contributed by atoms with Gasteiger partial charge in [0, 0.05) is 57.6 Å². The molecule has 3 aromatic rings. The molecule has 2 aliphatic rings. The zero-order valence-corrected chi connectivity index (χ0v) is 19.8. The SMILES string of the molecule is Cc1c(C2=C3C=CC(=O)C=C3N(Cc3ccccc3C(F)(F)F)C2)c2cc(Cl)ccc2n1CC(=O)O. The number of halogens is 4. The Morgan fingerprint density at radius 2 is 1.89 bits per heavy atom. The van der Waals surface area contributed by atoms with Gasteiger partial charge in [0.15, 0.2) is 5.78 Å². The zero-order chi connectivity index (χ0) is 25.8. The molecule has 0 amide bonds. The highest BCUT2D eigenvalue weighted by atomic mass is 35.5. The molecular weight excluding hydrogens is 493 g/mol. The highest BCUT2D eigenvalue weighted by Crippen LogP contribution is 2.43. The number of allylic oxidation sites excluding steroid dienone is 3. The predicted octanol–water partition coefficient (Wildman–Crippen LogP) is 6.00. The fraction of sp³-hybridized carbons (Fsp3) is 0.185. The Kier molecular flexibility index (Phi) is 5.79. The number of aromatic nitrogens is 1. The molecule has 0 saturated heterocycles. The van der Waals surface area contributed by atoms with Gasteiger partial charge in [-0.2, -0.15) is 13.2 Å². The Bertz CT molecular complexity index is 1530. The summed E-state index contributed by atoms with van der Waals surface area (Å²) in [7, 11) is 0. The van der Waals surface area contributed by atoms with E-state index in [2.05, 4.69) is 0 Å². The van der Waals surface area contributed by atoms with Crippen molar-refractivity contribution in [2.45, 2.75) is 26.2 Å². The molecule has 0 atom stereocenters. The van der Waals surface area contributed by atoms with E-state index in [0.29, 0.717) is 21.9 Å². The Hall–Kier alpha value is -3.78. The van der Waals surface area contributed by atoms with Gasteiger partial charge in [0.05, 0.1) is 5.56 Å². The second-order valence-electron chi connectivity index (χ2n) is 8.77. The maximum absolute atomic E-state index is 13.7. The molecule has 1 aliphatic carbocycles. The van der Waals surface area contributed by atoms with Gasteiger partial charge >= 0.3 is 12.1 Å². The first kappa shape index (κ1) is 23.9. The number of ketones is 1. The summed E-state index contributed by atoms with van der Waals surface area (Å²) in [5.41, 5.74) is 3.57. The van der Waals surface area contributed by atoms with Gasteiger partial charge in [-0.25, -0.2) is 0 Å². The van der Waals surface area contributed by atoms with Crippen molar-refractivity contribution in [2.24, 2.45) is 0 Å².